The van der Waals surface area contributed by atoms with Crippen LogP contribution in [-0.2, 0) is 16.2 Å². The Hall–Kier alpha value is -2.53. The number of benzene rings is 1. The molecule has 3 aromatic rings. The molecule has 160 valence electrons. The molecule has 1 aromatic carbocycles. The number of hydrogen-bond donors (Lipinski definition) is 0. The highest BCUT2D eigenvalue weighted by Crippen LogP contribution is 2.40. The van der Waals surface area contributed by atoms with Gasteiger partial charge in [0.05, 0.1) is 21.5 Å². The summed E-state index contributed by atoms with van der Waals surface area (Å²) in [6.07, 6.45) is -3.76. The quantitative estimate of drug-likeness (QED) is 0.566. The highest BCUT2D eigenvalue weighted by Gasteiger charge is 2.39. The summed E-state index contributed by atoms with van der Waals surface area (Å²) in [6, 6.07) is 5.34. The maximum atomic E-state index is 13.6. The van der Waals surface area contributed by atoms with E-state index in [2.05, 4.69) is 10.1 Å². The average Bonchev–Trinajstić information content (AvgIpc) is 3.10. The van der Waals surface area contributed by atoms with Crippen LogP contribution in [0.25, 0.3) is 11.1 Å². The van der Waals surface area contributed by atoms with Crippen molar-refractivity contribution in [3.05, 3.63) is 53.1 Å². The lowest BCUT2D eigenvalue weighted by Gasteiger charge is -2.31. The van der Waals surface area contributed by atoms with Crippen LogP contribution in [0.2, 0.25) is 0 Å². The molecule has 1 saturated heterocycles. The summed E-state index contributed by atoms with van der Waals surface area (Å²) in [5.41, 5.74) is -0.943. The molecule has 1 aliphatic rings. The molecule has 0 unspecified atom stereocenters. The Morgan fingerprint density at radius 1 is 1.20 bits per heavy atom. The Morgan fingerprint density at radius 3 is 2.57 bits per heavy atom. The van der Waals surface area contributed by atoms with E-state index in [0.29, 0.717) is 12.8 Å². The summed E-state index contributed by atoms with van der Waals surface area (Å²) < 4.78 is 86.1. The molecule has 0 saturated carbocycles. The Bertz CT molecular complexity index is 1190. The maximum Gasteiger partial charge on any atom is 0.417 e. The third-order valence-electron chi connectivity index (χ3n) is 5.13. The van der Waals surface area contributed by atoms with E-state index in [1.54, 1.807) is 0 Å². The standard InChI is InChI=1S/C19H17F4N3O3S/c1-11-9-15(19(21,22)23)16-17(25-29-18(16)24-11)12-3-2-8-26(10-12)30(27,28)14-6-4-13(20)5-7-14/h4-7,9,12H,2-3,8,10H2,1H3/t12-/m0/s1. The van der Waals surface area contributed by atoms with E-state index >= 15 is 0 Å². The first kappa shape index (κ1) is 20.7. The Labute approximate surface area is 169 Å². The van der Waals surface area contributed by atoms with E-state index in [1.165, 1.54) is 11.2 Å². The zero-order valence-corrected chi connectivity index (χ0v) is 16.6. The summed E-state index contributed by atoms with van der Waals surface area (Å²) in [7, 11) is -3.93. The van der Waals surface area contributed by atoms with Crippen molar-refractivity contribution in [2.75, 3.05) is 13.1 Å². The van der Waals surface area contributed by atoms with E-state index in [4.69, 9.17) is 4.52 Å². The lowest BCUT2D eigenvalue weighted by atomic mass is 9.93. The minimum absolute atomic E-state index is 0.0452. The molecule has 0 spiro atoms. The van der Waals surface area contributed by atoms with Gasteiger partial charge >= 0.3 is 6.18 Å². The molecule has 1 aliphatic heterocycles. The fraction of sp³-hybridized carbons (Fsp3) is 0.368. The second kappa shape index (κ2) is 7.31. The first-order valence-corrected chi connectivity index (χ1v) is 10.6. The van der Waals surface area contributed by atoms with Gasteiger partial charge in [-0.3, -0.25) is 0 Å². The zero-order valence-electron chi connectivity index (χ0n) is 15.8. The van der Waals surface area contributed by atoms with Gasteiger partial charge in [-0.2, -0.15) is 17.5 Å². The smallest absolute Gasteiger partial charge is 0.336 e. The second-order valence-electron chi connectivity index (χ2n) is 7.21. The van der Waals surface area contributed by atoms with Crippen LogP contribution in [0.1, 0.15) is 35.7 Å². The predicted octanol–water partition coefficient (Wildman–Crippen LogP) is 4.26. The molecule has 1 atom stereocenters. The van der Waals surface area contributed by atoms with E-state index in [0.717, 1.165) is 30.3 Å². The van der Waals surface area contributed by atoms with Crippen LogP contribution in [0.5, 0.6) is 0 Å². The third-order valence-corrected chi connectivity index (χ3v) is 7.01. The summed E-state index contributed by atoms with van der Waals surface area (Å²) in [4.78, 5) is 3.91. The van der Waals surface area contributed by atoms with Gasteiger partial charge in [0.15, 0.2) is 0 Å². The third kappa shape index (κ3) is 3.67. The lowest BCUT2D eigenvalue weighted by molar-refractivity contribution is -0.136. The molecule has 30 heavy (non-hydrogen) atoms. The molecule has 0 radical (unpaired) electrons. The van der Waals surface area contributed by atoms with Crippen LogP contribution in [0, 0.1) is 12.7 Å². The summed E-state index contributed by atoms with van der Waals surface area (Å²) in [5.74, 6) is -1.16. The zero-order chi connectivity index (χ0) is 21.7. The topological polar surface area (TPSA) is 76.3 Å². The van der Waals surface area contributed by atoms with Crippen LogP contribution in [0.4, 0.5) is 17.6 Å². The van der Waals surface area contributed by atoms with Gasteiger partial charge in [-0.1, -0.05) is 5.16 Å². The fourth-order valence-electron chi connectivity index (χ4n) is 3.74. The first-order chi connectivity index (χ1) is 14.1. The van der Waals surface area contributed by atoms with Gasteiger partial charge in [0.25, 0.3) is 5.71 Å². The number of pyridine rings is 1. The van der Waals surface area contributed by atoms with Crippen molar-refractivity contribution in [3.63, 3.8) is 0 Å². The average molecular weight is 443 g/mol. The maximum absolute atomic E-state index is 13.6. The number of halogens is 4. The van der Waals surface area contributed by atoms with Crippen molar-refractivity contribution in [1.29, 1.82) is 0 Å². The molecule has 11 heteroatoms. The van der Waals surface area contributed by atoms with Crippen molar-refractivity contribution in [2.45, 2.75) is 36.8 Å². The second-order valence-corrected chi connectivity index (χ2v) is 9.15. The van der Waals surface area contributed by atoms with Crippen LogP contribution in [-0.4, -0.2) is 36.0 Å². The molecular formula is C19H17F4N3O3S. The van der Waals surface area contributed by atoms with Crippen LogP contribution >= 0.6 is 0 Å². The monoisotopic (exact) mass is 443 g/mol. The van der Waals surface area contributed by atoms with E-state index in [9.17, 15) is 26.0 Å². The number of sulfonamides is 1. The Kier molecular flexibility index (Phi) is 5.05. The lowest BCUT2D eigenvalue weighted by Crippen LogP contribution is -2.39. The van der Waals surface area contributed by atoms with Gasteiger partial charge in [-0.05, 0) is 50.1 Å². The van der Waals surface area contributed by atoms with Crippen molar-refractivity contribution in [3.8, 4) is 0 Å². The normalized spacial score (nSPS) is 18.8. The molecule has 0 N–H and O–H groups in total. The molecule has 4 rings (SSSR count). The number of aryl methyl sites for hydroxylation is 1. The number of fused-ring (bicyclic) bond motifs is 1. The predicted molar refractivity (Wildman–Crippen MR) is 98.7 cm³/mol. The van der Waals surface area contributed by atoms with E-state index in [1.807, 2.05) is 0 Å². The molecule has 6 nitrogen and oxygen atoms in total. The van der Waals surface area contributed by atoms with Crippen LogP contribution in [0.15, 0.2) is 39.8 Å². The number of piperidine rings is 1. The van der Waals surface area contributed by atoms with Crippen molar-refractivity contribution in [2.24, 2.45) is 0 Å². The van der Waals surface area contributed by atoms with Crippen molar-refractivity contribution < 1.29 is 30.5 Å². The van der Waals surface area contributed by atoms with Gasteiger partial charge in [0, 0.05) is 24.7 Å². The van der Waals surface area contributed by atoms with Gasteiger partial charge in [0.2, 0.25) is 10.0 Å². The van der Waals surface area contributed by atoms with Gasteiger partial charge in [-0.25, -0.2) is 17.8 Å². The van der Waals surface area contributed by atoms with Crippen LogP contribution < -0.4 is 0 Å². The molecule has 1 fully saturated rings. The number of nitrogens with zero attached hydrogens (tertiary/aromatic N) is 3. The SMILES string of the molecule is Cc1cc(C(F)(F)F)c2c([C@H]3CCCN(S(=O)(=O)c4ccc(F)cc4)C3)noc2n1. The number of hydrogen-bond acceptors (Lipinski definition) is 5. The number of alkyl halides is 3. The van der Waals surface area contributed by atoms with Crippen molar-refractivity contribution >= 4 is 21.1 Å². The molecule has 3 heterocycles. The molecule has 0 amide bonds. The van der Waals surface area contributed by atoms with Crippen molar-refractivity contribution in [1.82, 2.24) is 14.4 Å². The number of aromatic nitrogens is 2. The largest absolute Gasteiger partial charge is 0.417 e. The van der Waals surface area contributed by atoms with E-state index in [-0.39, 0.29) is 40.5 Å². The fourth-order valence-corrected chi connectivity index (χ4v) is 5.26. The van der Waals surface area contributed by atoms with Crippen LogP contribution in [0.3, 0.4) is 0 Å². The Balaban J connectivity index is 1.72. The minimum Gasteiger partial charge on any atom is -0.336 e. The Morgan fingerprint density at radius 2 is 1.90 bits per heavy atom. The molecular weight excluding hydrogens is 426 g/mol. The van der Waals surface area contributed by atoms with Gasteiger partial charge in [0.1, 0.15) is 5.82 Å². The summed E-state index contributed by atoms with van der Waals surface area (Å²) in [5, 5.41) is 3.59. The van der Waals surface area contributed by atoms with E-state index < -0.39 is 33.5 Å². The highest BCUT2D eigenvalue weighted by atomic mass is 32.2. The molecule has 0 aliphatic carbocycles. The minimum atomic E-state index is -4.64. The van der Waals surface area contributed by atoms with Gasteiger partial charge in [-0.15, -0.1) is 0 Å². The van der Waals surface area contributed by atoms with Gasteiger partial charge < -0.3 is 4.52 Å². The molecule has 2 aromatic heterocycles. The molecule has 0 bridgehead atoms. The summed E-state index contributed by atoms with van der Waals surface area (Å²) in [6.45, 7) is 1.57. The summed E-state index contributed by atoms with van der Waals surface area (Å²) >= 11 is 0. The first-order valence-electron chi connectivity index (χ1n) is 9.17. The number of rotatable bonds is 3. The highest BCUT2D eigenvalue weighted by molar-refractivity contribution is 7.89.